The predicted octanol–water partition coefficient (Wildman–Crippen LogP) is 2.52. The maximum atomic E-state index is 13.2. The minimum atomic E-state index is -0.681. The van der Waals surface area contributed by atoms with Gasteiger partial charge in [-0.1, -0.05) is 6.07 Å². The van der Waals surface area contributed by atoms with Crippen LogP contribution in [0.3, 0.4) is 0 Å². The summed E-state index contributed by atoms with van der Waals surface area (Å²) in [5, 5.41) is 6.17. The maximum absolute atomic E-state index is 13.2. The average molecular weight is 409 g/mol. The molecule has 0 aliphatic heterocycles. The Kier molecular flexibility index (Phi) is 6.67. The molecule has 0 aliphatic rings. The first-order valence-electron chi connectivity index (χ1n) is 8.73. The van der Waals surface area contributed by atoms with Crippen LogP contribution in [0.2, 0.25) is 0 Å². The van der Waals surface area contributed by atoms with E-state index in [9.17, 15) is 18.8 Å². The third-order valence-corrected chi connectivity index (χ3v) is 3.71. The maximum Gasteiger partial charge on any atom is 0.343 e. The molecule has 152 valence electrons. The number of hydrazone groups is 1. The summed E-state index contributed by atoms with van der Waals surface area (Å²) >= 11 is 0. The lowest BCUT2D eigenvalue weighted by atomic mass is 10.2. The largest absolute Gasteiger partial charge is 0.459 e. The van der Waals surface area contributed by atoms with Gasteiger partial charge in [0.05, 0.1) is 24.6 Å². The Morgan fingerprint density at radius 2 is 1.87 bits per heavy atom. The van der Waals surface area contributed by atoms with Gasteiger partial charge in [0.15, 0.2) is 5.76 Å². The van der Waals surface area contributed by atoms with Gasteiger partial charge in [-0.15, -0.1) is 0 Å². The van der Waals surface area contributed by atoms with Gasteiger partial charge in [-0.25, -0.2) is 14.6 Å². The molecule has 0 atom stereocenters. The molecule has 2 amide bonds. The zero-order chi connectivity index (χ0) is 21.3. The van der Waals surface area contributed by atoms with Gasteiger partial charge in [-0.2, -0.15) is 5.10 Å². The molecule has 0 fully saturated rings. The van der Waals surface area contributed by atoms with Crippen LogP contribution >= 0.6 is 0 Å². The van der Waals surface area contributed by atoms with E-state index in [1.807, 2.05) is 0 Å². The standard InChI is InChI=1S/C21H16FN3O5/c22-16-4-1-3-15(11-16)21(28)30-17-8-6-14(7-9-17)12-24-25-19(26)13-23-20(27)18-5-2-10-29-18/h1-12H,13H2,(H,23,27)(H,25,26)/b24-12-. The summed E-state index contributed by atoms with van der Waals surface area (Å²) < 4.78 is 23.2. The Morgan fingerprint density at radius 1 is 1.07 bits per heavy atom. The van der Waals surface area contributed by atoms with Crippen molar-refractivity contribution in [1.82, 2.24) is 10.7 Å². The Balaban J connectivity index is 1.45. The van der Waals surface area contributed by atoms with Gasteiger partial charge < -0.3 is 14.5 Å². The number of benzene rings is 2. The number of halogens is 1. The van der Waals surface area contributed by atoms with E-state index >= 15 is 0 Å². The fourth-order valence-corrected chi connectivity index (χ4v) is 2.28. The topological polar surface area (TPSA) is 110 Å². The number of hydrogen-bond acceptors (Lipinski definition) is 6. The van der Waals surface area contributed by atoms with Gasteiger partial charge in [0.25, 0.3) is 11.8 Å². The second-order valence-electron chi connectivity index (χ2n) is 5.92. The van der Waals surface area contributed by atoms with Gasteiger partial charge in [0.1, 0.15) is 11.6 Å². The highest BCUT2D eigenvalue weighted by Crippen LogP contribution is 2.14. The van der Waals surface area contributed by atoms with E-state index in [1.165, 1.54) is 48.9 Å². The monoisotopic (exact) mass is 409 g/mol. The molecule has 3 rings (SSSR count). The van der Waals surface area contributed by atoms with E-state index in [-0.39, 0.29) is 23.6 Å². The number of nitrogens with one attached hydrogen (secondary N) is 2. The van der Waals surface area contributed by atoms with E-state index in [0.717, 1.165) is 6.07 Å². The quantitative estimate of drug-likeness (QED) is 0.270. The zero-order valence-corrected chi connectivity index (χ0v) is 15.5. The molecular weight excluding hydrogens is 393 g/mol. The van der Waals surface area contributed by atoms with E-state index in [2.05, 4.69) is 15.8 Å². The predicted molar refractivity (Wildman–Crippen MR) is 105 cm³/mol. The summed E-state index contributed by atoms with van der Waals surface area (Å²) in [7, 11) is 0. The highest BCUT2D eigenvalue weighted by Gasteiger charge is 2.10. The van der Waals surface area contributed by atoms with Crippen LogP contribution in [0.25, 0.3) is 0 Å². The Morgan fingerprint density at radius 3 is 2.57 bits per heavy atom. The van der Waals surface area contributed by atoms with Gasteiger partial charge >= 0.3 is 5.97 Å². The number of carbonyl (C=O) groups excluding carboxylic acids is 3. The number of carbonyl (C=O) groups is 3. The minimum absolute atomic E-state index is 0.0995. The molecule has 0 bridgehead atoms. The van der Waals surface area contributed by atoms with E-state index in [1.54, 1.807) is 18.2 Å². The number of nitrogens with zero attached hydrogens (tertiary/aromatic N) is 1. The first-order valence-corrected chi connectivity index (χ1v) is 8.73. The molecule has 2 N–H and O–H groups in total. The summed E-state index contributed by atoms with van der Waals surface area (Å²) in [5.41, 5.74) is 2.99. The third kappa shape index (κ3) is 5.86. The first-order chi connectivity index (χ1) is 14.5. The number of esters is 1. The first kappa shape index (κ1) is 20.5. The molecule has 0 radical (unpaired) electrons. The Labute approximate surface area is 170 Å². The molecule has 9 heteroatoms. The summed E-state index contributed by atoms with van der Waals surface area (Å²) in [4.78, 5) is 35.3. The number of hydrogen-bond donors (Lipinski definition) is 2. The summed E-state index contributed by atoms with van der Waals surface area (Å²) in [5.74, 6) is -1.87. The Bertz CT molecular complexity index is 1060. The van der Waals surface area contributed by atoms with Crippen molar-refractivity contribution in [3.8, 4) is 5.75 Å². The van der Waals surface area contributed by atoms with Crippen molar-refractivity contribution in [3.05, 3.63) is 89.6 Å². The molecule has 1 aromatic heterocycles. The number of furan rings is 1. The van der Waals surface area contributed by atoms with Crippen LogP contribution in [0.4, 0.5) is 4.39 Å². The lowest BCUT2D eigenvalue weighted by Crippen LogP contribution is -2.34. The third-order valence-electron chi connectivity index (χ3n) is 3.71. The fourth-order valence-electron chi connectivity index (χ4n) is 2.28. The minimum Gasteiger partial charge on any atom is -0.459 e. The van der Waals surface area contributed by atoms with Gasteiger partial charge in [0, 0.05) is 0 Å². The highest BCUT2D eigenvalue weighted by atomic mass is 19.1. The molecule has 0 saturated heterocycles. The summed E-state index contributed by atoms with van der Waals surface area (Å²) in [6, 6.07) is 14.5. The molecule has 1 heterocycles. The fraction of sp³-hybridized carbons (Fsp3) is 0.0476. The van der Waals surface area contributed by atoms with Crippen molar-refractivity contribution in [2.75, 3.05) is 6.54 Å². The number of amides is 2. The van der Waals surface area contributed by atoms with Crippen LogP contribution in [0.5, 0.6) is 5.75 Å². The second-order valence-corrected chi connectivity index (χ2v) is 5.92. The molecule has 0 spiro atoms. The van der Waals surface area contributed by atoms with Crippen molar-refractivity contribution in [3.63, 3.8) is 0 Å². The van der Waals surface area contributed by atoms with Crippen LogP contribution in [0, 0.1) is 5.82 Å². The SMILES string of the molecule is O=C(CNC(=O)c1ccco1)N/N=C\c1ccc(OC(=O)c2cccc(F)c2)cc1. The normalized spacial score (nSPS) is 10.6. The van der Waals surface area contributed by atoms with E-state index in [0.29, 0.717) is 5.56 Å². The molecule has 0 aliphatic carbocycles. The Hall–Kier alpha value is -4.27. The molecular formula is C21H16FN3O5. The van der Waals surface area contributed by atoms with Gasteiger partial charge in [-0.3, -0.25) is 9.59 Å². The van der Waals surface area contributed by atoms with Crippen LogP contribution < -0.4 is 15.5 Å². The van der Waals surface area contributed by atoms with Gasteiger partial charge in [-0.05, 0) is 60.2 Å². The highest BCUT2D eigenvalue weighted by molar-refractivity contribution is 5.94. The average Bonchev–Trinajstić information content (AvgIpc) is 3.28. The smallest absolute Gasteiger partial charge is 0.343 e. The molecule has 30 heavy (non-hydrogen) atoms. The summed E-state index contributed by atoms with van der Waals surface area (Å²) in [6.07, 6.45) is 2.73. The molecule has 8 nitrogen and oxygen atoms in total. The second kappa shape index (κ2) is 9.78. The van der Waals surface area contributed by atoms with E-state index < -0.39 is 23.6 Å². The molecule has 3 aromatic rings. The van der Waals surface area contributed by atoms with Crippen LogP contribution in [-0.4, -0.2) is 30.5 Å². The van der Waals surface area contributed by atoms with Crippen molar-refractivity contribution in [2.24, 2.45) is 5.10 Å². The molecule has 2 aromatic carbocycles. The molecule has 0 saturated carbocycles. The van der Waals surface area contributed by atoms with Crippen molar-refractivity contribution >= 4 is 24.0 Å². The van der Waals surface area contributed by atoms with Gasteiger partial charge in [0.2, 0.25) is 0 Å². The number of ether oxygens (including phenoxy) is 1. The summed E-state index contributed by atoms with van der Waals surface area (Å²) in [6.45, 7) is -0.272. The lowest BCUT2D eigenvalue weighted by Gasteiger charge is -2.05. The molecule has 0 unspecified atom stereocenters. The van der Waals surface area contributed by atoms with Crippen LogP contribution in [0.1, 0.15) is 26.5 Å². The van der Waals surface area contributed by atoms with Crippen molar-refractivity contribution in [2.45, 2.75) is 0 Å². The number of rotatable bonds is 7. The van der Waals surface area contributed by atoms with Crippen LogP contribution in [-0.2, 0) is 4.79 Å². The van der Waals surface area contributed by atoms with Crippen molar-refractivity contribution < 1.29 is 27.9 Å². The lowest BCUT2D eigenvalue weighted by molar-refractivity contribution is -0.120. The van der Waals surface area contributed by atoms with Crippen LogP contribution in [0.15, 0.2) is 76.4 Å². The zero-order valence-electron chi connectivity index (χ0n) is 15.5. The van der Waals surface area contributed by atoms with Crippen molar-refractivity contribution in [1.29, 1.82) is 0 Å². The van der Waals surface area contributed by atoms with E-state index in [4.69, 9.17) is 9.15 Å².